The minimum absolute atomic E-state index is 0. The fourth-order valence-corrected chi connectivity index (χ4v) is 4.22. The van der Waals surface area contributed by atoms with Crippen LogP contribution in [0.1, 0.15) is 22.9 Å². The molecule has 2 aliphatic rings. The normalized spacial score (nSPS) is 15.2. The van der Waals surface area contributed by atoms with Crippen molar-refractivity contribution in [2.45, 2.75) is 19.5 Å². The Bertz CT molecular complexity index is 1290. The van der Waals surface area contributed by atoms with Gasteiger partial charge in [-0.05, 0) is 36.1 Å². The maximum absolute atomic E-state index is 13.2. The first-order valence-corrected chi connectivity index (χ1v) is 11.0. The van der Waals surface area contributed by atoms with E-state index in [0.29, 0.717) is 5.56 Å². The van der Waals surface area contributed by atoms with Crippen molar-refractivity contribution < 1.29 is 24.5 Å². The Hall–Kier alpha value is -3.27. The average molecular weight is 625 g/mol. The smallest absolute Gasteiger partial charge is 0.668 e. The zero-order valence-electron chi connectivity index (χ0n) is 18.7. The number of hydrogen-bond donors (Lipinski definition) is 0. The molecule has 0 amide bonds. The number of benzene rings is 3. The average Bonchev–Trinajstić information content (AvgIpc) is 3.35. The topological polar surface area (TPSA) is 30.2 Å². The van der Waals surface area contributed by atoms with E-state index in [-0.39, 0.29) is 32.1 Å². The molecule has 0 saturated carbocycles. The second kappa shape index (κ2) is 10.8. The van der Waals surface area contributed by atoms with E-state index in [4.69, 9.17) is 0 Å². The quantitative estimate of drug-likeness (QED) is 0.228. The van der Waals surface area contributed by atoms with Gasteiger partial charge in [-0.2, -0.15) is 41.6 Å². The van der Waals surface area contributed by atoms with E-state index in [1.165, 1.54) is 17.2 Å². The summed E-state index contributed by atoms with van der Waals surface area (Å²) in [5.74, 6) is -0.367. The second-order valence-corrected chi connectivity index (χ2v) is 8.08. The first-order valence-electron chi connectivity index (χ1n) is 11.0. The Morgan fingerprint density at radius 1 is 1.06 bits per heavy atom. The monoisotopic (exact) mass is 625 g/mol. The molecule has 1 atom stereocenters. The van der Waals surface area contributed by atoms with Gasteiger partial charge in [-0.25, -0.2) is 4.39 Å². The van der Waals surface area contributed by atoms with E-state index in [1.54, 1.807) is 6.07 Å². The van der Waals surface area contributed by atoms with Crippen LogP contribution in [0.15, 0.2) is 91.4 Å². The molecule has 0 saturated heterocycles. The summed E-state index contributed by atoms with van der Waals surface area (Å²) in [5.41, 5.74) is 7.39. The zero-order chi connectivity index (χ0) is 22.6. The Morgan fingerprint density at radius 2 is 1.91 bits per heavy atom. The van der Waals surface area contributed by atoms with Crippen LogP contribution in [-0.4, -0.2) is 16.4 Å². The number of nitrogens with zero attached hydrogens (tertiary/aromatic N) is 3. The molecule has 0 radical (unpaired) electrons. The van der Waals surface area contributed by atoms with Crippen LogP contribution < -0.4 is 0 Å². The SMILES string of the molecule is Cc1cc(-c2[c-]c(F)ccc2)ncc1-c1ccccc1.[Ir+3].[c-]1cccc2c1C1[N-]C=CN1CC2. The van der Waals surface area contributed by atoms with E-state index in [2.05, 4.69) is 57.8 Å². The van der Waals surface area contributed by atoms with Crippen LogP contribution in [0, 0.1) is 24.9 Å². The standard InChI is InChI=1S/C18H13FN.C11H10N2.Ir/c1-13-10-18(15-8-5-9-16(19)11-15)20-12-17(13)14-6-3-2-4-7-14;1-2-4-10-9(3-1)5-7-13-8-6-12-11(10)13;/h2-10,12H,1H3;1-3,6,8,11H,5,7H2;/q-1;-2;+3. The van der Waals surface area contributed by atoms with Crippen molar-refractivity contribution in [3.05, 3.63) is 131 Å². The molecule has 0 bridgehead atoms. The van der Waals surface area contributed by atoms with Gasteiger partial charge in [0.15, 0.2) is 0 Å². The molecule has 1 aromatic heterocycles. The maximum atomic E-state index is 13.2. The minimum Gasteiger partial charge on any atom is -0.668 e. The number of rotatable bonds is 2. The zero-order valence-corrected chi connectivity index (χ0v) is 21.1. The van der Waals surface area contributed by atoms with Crippen LogP contribution in [0.4, 0.5) is 4.39 Å². The number of aryl methyl sites for hydroxylation is 1. The van der Waals surface area contributed by atoms with E-state index in [0.717, 1.165) is 35.3 Å². The van der Waals surface area contributed by atoms with Crippen LogP contribution >= 0.6 is 0 Å². The van der Waals surface area contributed by atoms with Crippen molar-refractivity contribution in [2.24, 2.45) is 0 Å². The fraction of sp³-hybridized carbons (Fsp3) is 0.138. The van der Waals surface area contributed by atoms with Gasteiger partial charge in [-0.15, -0.1) is 29.8 Å². The molecule has 3 nitrogen and oxygen atoms in total. The summed E-state index contributed by atoms with van der Waals surface area (Å²) in [6.07, 6.45) is 7.11. The molecular weight excluding hydrogens is 602 g/mol. The van der Waals surface area contributed by atoms with Gasteiger partial charge in [0, 0.05) is 24.1 Å². The van der Waals surface area contributed by atoms with Crippen molar-refractivity contribution in [2.75, 3.05) is 6.54 Å². The van der Waals surface area contributed by atoms with Gasteiger partial charge in [0.1, 0.15) is 0 Å². The minimum atomic E-state index is -0.367. The number of pyridine rings is 1. The summed E-state index contributed by atoms with van der Waals surface area (Å²) < 4.78 is 13.2. The maximum Gasteiger partial charge on any atom is 3.00 e. The van der Waals surface area contributed by atoms with E-state index in [1.807, 2.05) is 55.7 Å². The first kappa shape index (κ1) is 23.9. The molecule has 34 heavy (non-hydrogen) atoms. The summed E-state index contributed by atoms with van der Waals surface area (Å²) in [7, 11) is 0. The van der Waals surface area contributed by atoms with E-state index in [9.17, 15) is 4.39 Å². The summed E-state index contributed by atoms with van der Waals surface area (Å²) in [6.45, 7) is 3.11. The third-order valence-electron chi connectivity index (χ3n) is 5.91. The molecule has 6 rings (SSSR count). The van der Waals surface area contributed by atoms with Crippen LogP contribution in [0.2, 0.25) is 0 Å². The molecular formula is C29H23FIrN3. The molecule has 0 spiro atoms. The van der Waals surface area contributed by atoms with Crippen LogP contribution in [0.5, 0.6) is 0 Å². The van der Waals surface area contributed by atoms with Crippen molar-refractivity contribution in [1.82, 2.24) is 9.88 Å². The Balaban J connectivity index is 0.000000169. The van der Waals surface area contributed by atoms with Gasteiger partial charge in [0.05, 0.1) is 0 Å². The van der Waals surface area contributed by atoms with Crippen LogP contribution in [0.3, 0.4) is 0 Å². The van der Waals surface area contributed by atoms with Crippen LogP contribution in [0.25, 0.3) is 27.7 Å². The molecule has 170 valence electrons. The summed E-state index contributed by atoms with van der Waals surface area (Å²) in [5, 5.41) is 4.41. The number of fused-ring (bicyclic) bond motifs is 3. The van der Waals surface area contributed by atoms with E-state index >= 15 is 0 Å². The molecule has 0 N–H and O–H groups in total. The van der Waals surface area contributed by atoms with Crippen molar-refractivity contribution in [3.8, 4) is 22.4 Å². The summed E-state index contributed by atoms with van der Waals surface area (Å²) >= 11 is 0. The van der Waals surface area contributed by atoms with Gasteiger partial charge in [0.25, 0.3) is 0 Å². The van der Waals surface area contributed by atoms with Gasteiger partial charge in [-0.3, -0.25) is 0 Å². The Labute approximate surface area is 213 Å². The van der Waals surface area contributed by atoms with Gasteiger partial charge < -0.3 is 15.2 Å². The Morgan fingerprint density at radius 3 is 2.71 bits per heavy atom. The molecule has 5 heteroatoms. The predicted octanol–water partition coefficient (Wildman–Crippen LogP) is 6.86. The van der Waals surface area contributed by atoms with Crippen molar-refractivity contribution in [1.29, 1.82) is 0 Å². The van der Waals surface area contributed by atoms with Gasteiger partial charge in [0.2, 0.25) is 0 Å². The molecule has 4 aromatic rings. The number of aromatic nitrogens is 1. The predicted molar refractivity (Wildman–Crippen MR) is 130 cm³/mol. The fourth-order valence-electron chi connectivity index (χ4n) is 4.22. The number of hydrogen-bond acceptors (Lipinski definition) is 2. The largest absolute Gasteiger partial charge is 3.00 e. The molecule has 1 unspecified atom stereocenters. The van der Waals surface area contributed by atoms with Crippen molar-refractivity contribution in [3.63, 3.8) is 0 Å². The van der Waals surface area contributed by atoms with Gasteiger partial charge in [-0.1, -0.05) is 42.8 Å². The van der Waals surface area contributed by atoms with Crippen molar-refractivity contribution >= 4 is 0 Å². The first-order chi connectivity index (χ1) is 16.2. The third kappa shape index (κ3) is 5.11. The Kier molecular flexibility index (Phi) is 7.56. The second-order valence-electron chi connectivity index (χ2n) is 8.08. The number of halogens is 1. The van der Waals surface area contributed by atoms with Crippen LogP contribution in [-0.2, 0) is 26.5 Å². The molecule has 0 fully saturated rings. The molecule has 3 aromatic carbocycles. The molecule has 2 aliphatic heterocycles. The van der Waals surface area contributed by atoms with E-state index < -0.39 is 0 Å². The molecule has 3 heterocycles. The molecule has 0 aliphatic carbocycles. The summed E-state index contributed by atoms with van der Waals surface area (Å²) in [4.78, 5) is 6.69. The third-order valence-corrected chi connectivity index (χ3v) is 5.91. The van der Waals surface area contributed by atoms with Gasteiger partial charge >= 0.3 is 20.1 Å². The summed E-state index contributed by atoms with van der Waals surface area (Å²) in [6, 6.07) is 29.1.